The van der Waals surface area contributed by atoms with Crippen molar-refractivity contribution >= 4 is 21.6 Å². The Morgan fingerprint density at radius 2 is 2.29 bits per heavy atom. The summed E-state index contributed by atoms with van der Waals surface area (Å²) in [5.74, 6) is 0. The minimum atomic E-state index is -0.451. The van der Waals surface area contributed by atoms with Crippen LogP contribution >= 0.6 is 15.9 Å². The average Bonchev–Trinajstić information content (AvgIpc) is 2.76. The fraction of sp³-hybridized carbons (Fsp3) is 0.538. The Labute approximate surface area is 110 Å². The lowest BCUT2D eigenvalue weighted by Crippen LogP contribution is -2.32. The molecule has 1 aromatic carbocycles. The average molecular weight is 300 g/mol. The Bertz CT molecular complexity index is 395. The summed E-state index contributed by atoms with van der Waals surface area (Å²) in [6.45, 7) is 2.94. The van der Waals surface area contributed by atoms with Crippen LogP contribution in [-0.4, -0.2) is 29.4 Å². The zero-order valence-electron chi connectivity index (χ0n) is 9.93. The van der Waals surface area contributed by atoms with E-state index in [9.17, 15) is 10.2 Å². The number of aliphatic hydroxyl groups is 2. The first-order valence-electron chi connectivity index (χ1n) is 5.98. The monoisotopic (exact) mass is 299 g/mol. The number of rotatable bonds is 3. The van der Waals surface area contributed by atoms with Crippen molar-refractivity contribution in [3.8, 4) is 0 Å². The largest absolute Gasteiger partial charge is 0.394 e. The van der Waals surface area contributed by atoms with Gasteiger partial charge < -0.3 is 15.1 Å². The van der Waals surface area contributed by atoms with Crippen LogP contribution in [0.1, 0.15) is 31.4 Å². The third-order valence-electron chi connectivity index (χ3n) is 3.35. The van der Waals surface area contributed by atoms with Gasteiger partial charge in [0, 0.05) is 11.0 Å². The first-order chi connectivity index (χ1) is 8.13. The van der Waals surface area contributed by atoms with Gasteiger partial charge in [-0.15, -0.1) is 0 Å². The van der Waals surface area contributed by atoms with E-state index in [1.165, 1.54) is 0 Å². The molecule has 0 aliphatic carbocycles. The molecule has 0 saturated carbocycles. The normalized spacial score (nSPS) is 21.9. The van der Waals surface area contributed by atoms with Crippen LogP contribution in [0, 0.1) is 0 Å². The van der Waals surface area contributed by atoms with Gasteiger partial charge in [-0.05, 0) is 53.4 Å². The molecule has 2 N–H and O–H groups in total. The lowest BCUT2D eigenvalue weighted by Gasteiger charge is -2.26. The van der Waals surface area contributed by atoms with Gasteiger partial charge in [-0.25, -0.2) is 0 Å². The molecule has 1 fully saturated rings. The van der Waals surface area contributed by atoms with Gasteiger partial charge in [0.15, 0.2) is 0 Å². The minimum absolute atomic E-state index is 0.199. The zero-order valence-corrected chi connectivity index (χ0v) is 11.5. The Kier molecular flexibility index (Phi) is 4.07. The molecule has 0 radical (unpaired) electrons. The Morgan fingerprint density at radius 3 is 2.88 bits per heavy atom. The van der Waals surface area contributed by atoms with Crippen LogP contribution in [0.15, 0.2) is 22.7 Å². The van der Waals surface area contributed by atoms with Crippen molar-refractivity contribution in [2.75, 3.05) is 18.1 Å². The molecule has 1 saturated heterocycles. The number of anilines is 1. The fourth-order valence-electron chi connectivity index (χ4n) is 2.36. The first-order valence-corrected chi connectivity index (χ1v) is 6.77. The highest BCUT2D eigenvalue weighted by Gasteiger charge is 2.25. The third-order valence-corrected chi connectivity index (χ3v) is 3.99. The summed E-state index contributed by atoms with van der Waals surface area (Å²) in [7, 11) is 0. The van der Waals surface area contributed by atoms with Crippen molar-refractivity contribution in [2.45, 2.75) is 31.9 Å². The van der Waals surface area contributed by atoms with E-state index in [0.717, 1.165) is 35.1 Å². The van der Waals surface area contributed by atoms with Gasteiger partial charge in [-0.1, -0.05) is 6.07 Å². The van der Waals surface area contributed by atoms with E-state index in [-0.39, 0.29) is 12.6 Å². The lowest BCUT2D eigenvalue weighted by molar-refractivity contribution is 0.199. The zero-order chi connectivity index (χ0) is 12.4. The van der Waals surface area contributed by atoms with Gasteiger partial charge in [0.2, 0.25) is 0 Å². The third kappa shape index (κ3) is 2.64. The summed E-state index contributed by atoms with van der Waals surface area (Å²) in [4.78, 5) is 2.23. The minimum Gasteiger partial charge on any atom is -0.394 e. The molecule has 2 rings (SSSR count). The predicted molar refractivity (Wildman–Crippen MR) is 72.2 cm³/mol. The van der Waals surface area contributed by atoms with Crippen LogP contribution in [0.3, 0.4) is 0 Å². The van der Waals surface area contributed by atoms with E-state index >= 15 is 0 Å². The summed E-state index contributed by atoms with van der Waals surface area (Å²) in [5, 5.41) is 18.9. The summed E-state index contributed by atoms with van der Waals surface area (Å²) >= 11 is 3.55. The standard InChI is InChI=1S/C13H18BrNO2/c1-9(17)10-4-5-13(12(14)7-10)15-6-2-3-11(15)8-16/h4-5,7,9,11,16-17H,2-3,6,8H2,1H3/t9-,11?/m0/s1. The molecule has 0 bridgehead atoms. The maximum absolute atomic E-state index is 9.53. The number of halogens is 1. The fourth-order valence-corrected chi connectivity index (χ4v) is 2.98. The molecule has 1 aliphatic heterocycles. The van der Waals surface area contributed by atoms with E-state index in [1.54, 1.807) is 6.92 Å². The molecule has 0 aromatic heterocycles. The van der Waals surface area contributed by atoms with Crippen LogP contribution < -0.4 is 4.90 Å². The Hall–Kier alpha value is -0.580. The molecule has 0 spiro atoms. The van der Waals surface area contributed by atoms with Crippen LogP contribution in [0.4, 0.5) is 5.69 Å². The number of benzene rings is 1. The summed E-state index contributed by atoms with van der Waals surface area (Å²) < 4.78 is 0.983. The van der Waals surface area contributed by atoms with Crippen molar-refractivity contribution in [3.05, 3.63) is 28.2 Å². The summed E-state index contributed by atoms with van der Waals surface area (Å²) in [5.41, 5.74) is 2.01. The van der Waals surface area contributed by atoms with Gasteiger partial charge in [0.25, 0.3) is 0 Å². The topological polar surface area (TPSA) is 43.7 Å². The van der Waals surface area contributed by atoms with E-state index < -0.39 is 6.10 Å². The number of nitrogens with zero attached hydrogens (tertiary/aromatic N) is 1. The Balaban J connectivity index is 2.27. The molecule has 1 aliphatic rings. The lowest BCUT2D eigenvalue weighted by atomic mass is 10.1. The van der Waals surface area contributed by atoms with Gasteiger partial charge in [-0.3, -0.25) is 0 Å². The van der Waals surface area contributed by atoms with Crippen molar-refractivity contribution < 1.29 is 10.2 Å². The number of hydrogen-bond acceptors (Lipinski definition) is 3. The van der Waals surface area contributed by atoms with Gasteiger partial charge in [0.05, 0.1) is 24.4 Å². The molecule has 94 valence electrons. The molecular weight excluding hydrogens is 282 g/mol. The molecule has 4 heteroatoms. The van der Waals surface area contributed by atoms with Crippen LogP contribution in [-0.2, 0) is 0 Å². The summed E-state index contributed by atoms with van der Waals surface area (Å²) in [6.07, 6.45) is 1.71. The van der Waals surface area contributed by atoms with Crippen molar-refractivity contribution in [3.63, 3.8) is 0 Å². The first kappa shape index (κ1) is 12.9. The van der Waals surface area contributed by atoms with Crippen LogP contribution in [0.25, 0.3) is 0 Å². The van der Waals surface area contributed by atoms with Crippen LogP contribution in [0.2, 0.25) is 0 Å². The number of hydrogen-bond donors (Lipinski definition) is 2. The highest BCUT2D eigenvalue weighted by molar-refractivity contribution is 9.10. The second kappa shape index (κ2) is 5.38. The predicted octanol–water partition coefficient (Wildman–Crippen LogP) is 2.46. The Morgan fingerprint density at radius 1 is 1.53 bits per heavy atom. The molecule has 1 heterocycles. The van der Waals surface area contributed by atoms with E-state index in [1.807, 2.05) is 18.2 Å². The maximum atomic E-state index is 9.53. The smallest absolute Gasteiger partial charge is 0.0762 e. The molecular formula is C13H18BrNO2. The maximum Gasteiger partial charge on any atom is 0.0762 e. The highest BCUT2D eigenvalue weighted by atomic mass is 79.9. The number of aliphatic hydroxyl groups excluding tert-OH is 2. The molecule has 3 nitrogen and oxygen atoms in total. The van der Waals surface area contributed by atoms with Gasteiger partial charge in [-0.2, -0.15) is 0 Å². The second-order valence-electron chi connectivity index (χ2n) is 4.56. The van der Waals surface area contributed by atoms with Crippen LogP contribution in [0.5, 0.6) is 0 Å². The van der Waals surface area contributed by atoms with E-state index in [4.69, 9.17) is 0 Å². The molecule has 1 unspecified atom stereocenters. The molecule has 1 aromatic rings. The second-order valence-corrected chi connectivity index (χ2v) is 5.41. The molecule has 0 amide bonds. The SMILES string of the molecule is C[C@H](O)c1ccc(N2CCCC2CO)c(Br)c1. The van der Waals surface area contributed by atoms with E-state index in [2.05, 4.69) is 20.8 Å². The quantitative estimate of drug-likeness (QED) is 0.901. The molecule has 17 heavy (non-hydrogen) atoms. The van der Waals surface area contributed by atoms with Crippen molar-refractivity contribution in [1.29, 1.82) is 0 Å². The highest BCUT2D eigenvalue weighted by Crippen LogP contribution is 2.33. The van der Waals surface area contributed by atoms with Gasteiger partial charge >= 0.3 is 0 Å². The van der Waals surface area contributed by atoms with Crippen molar-refractivity contribution in [1.82, 2.24) is 0 Å². The van der Waals surface area contributed by atoms with Gasteiger partial charge in [0.1, 0.15) is 0 Å². The van der Waals surface area contributed by atoms with E-state index in [0.29, 0.717) is 0 Å². The van der Waals surface area contributed by atoms with Crippen molar-refractivity contribution in [2.24, 2.45) is 0 Å². The molecule has 2 atom stereocenters. The summed E-state index contributed by atoms with van der Waals surface area (Å²) in [6, 6.07) is 6.13.